The summed E-state index contributed by atoms with van der Waals surface area (Å²) in [5.74, 6) is -1.86. The normalized spacial score (nSPS) is 11.2. The fourth-order valence-corrected chi connectivity index (χ4v) is 4.21. The second-order valence-electron chi connectivity index (χ2n) is 6.10. The topological polar surface area (TPSA) is 122 Å². The Morgan fingerprint density at radius 1 is 1.10 bits per heavy atom. The second kappa shape index (κ2) is 10.1. The van der Waals surface area contributed by atoms with Crippen LogP contribution in [0.1, 0.15) is 24.2 Å². The molecule has 0 aliphatic heterocycles. The van der Waals surface area contributed by atoms with E-state index in [2.05, 4.69) is 5.32 Å². The molecule has 0 saturated heterocycles. The van der Waals surface area contributed by atoms with E-state index in [1.807, 2.05) is 0 Å². The van der Waals surface area contributed by atoms with E-state index in [1.165, 1.54) is 53.9 Å². The van der Waals surface area contributed by atoms with E-state index in [0.717, 1.165) is 0 Å². The maximum atomic E-state index is 12.6. The Bertz CT molecular complexity index is 1020. The van der Waals surface area contributed by atoms with Crippen LogP contribution >= 0.6 is 0 Å². The number of benzene rings is 2. The number of nitrogens with zero attached hydrogens (tertiary/aromatic N) is 1. The first-order valence-electron chi connectivity index (χ1n) is 9.17. The number of sulfonamides is 1. The predicted molar refractivity (Wildman–Crippen MR) is 110 cm³/mol. The first-order chi connectivity index (χ1) is 14.2. The van der Waals surface area contributed by atoms with Crippen LogP contribution in [0.5, 0.6) is 11.5 Å². The molecule has 0 aliphatic carbocycles. The molecule has 2 N–H and O–H groups in total. The molecule has 2 rings (SSSR count). The highest BCUT2D eigenvalue weighted by Crippen LogP contribution is 2.29. The average Bonchev–Trinajstić information content (AvgIpc) is 2.73. The molecule has 0 saturated carbocycles. The van der Waals surface area contributed by atoms with Crippen molar-refractivity contribution >= 4 is 27.6 Å². The highest BCUT2D eigenvalue weighted by atomic mass is 32.2. The minimum atomic E-state index is -3.68. The number of carbonyl (C=O) groups excluding carboxylic acids is 2. The Hall–Kier alpha value is -3.11. The fourth-order valence-electron chi connectivity index (χ4n) is 2.70. The predicted octanol–water partition coefficient (Wildman–Crippen LogP) is 2.23. The van der Waals surface area contributed by atoms with E-state index in [0.29, 0.717) is 13.1 Å². The molecule has 2 aromatic rings. The number of ether oxygens (including phenoxy) is 2. The van der Waals surface area contributed by atoms with Gasteiger partial charge in [0.15, 0.2) is 18.1 Å². The van der Waals surface area contributed by atoms with Crippen LogP contribution in [0.3, 0.4) is 0 Å². The van der Waals surface area contributed by atoms with Crippen molar-refractivity contribution < 1.29 is 32.6 Å². The van der Waals surface area contributed by atoms with Gasteiger partial charge in [0.2, 0.25) is 10.0 Å². The summed E-state index contributed by atoms with van der Waals surface area (Å²) in [4.78, 5) is 24.3. The summed E-state index contributed by atoms with van der Waals surface area (Å²) in [7, 11) is -2.34. The quantitative estimate of drug-likeness (QED) is 0.578. The van der Waals surface area contributed by atoms with Crippen molar-refractivity contribution in [3.63, 3.8) is 0 Å². The van der Waals surface area contributed by atoms with Crippen LogP contribution in [0.25, 0.3) is 0 Å². The highest BCUT2D eigenvalue weighted by Gasteiger charge is 2.22. The Morgan fingerprint density at radius 2 is 1.77 bits per heavy atom. The molecule has 0 spiro atoms. The van der Waals surface area contributed by atoms with Gasteiger partial charge < -0.3 is 19.9 Å². The number of esters is 1. The van der Waals surface area contributed by atoms with Gasteiger partial charge in [-0.1, -0.05) is 26.0 Å². The Morgan fingerprint density at radius 3 is 2.40 bits per heavy atom. The highest BCUT2D eigenvalue weighted by molar-refractivity contribution is 7.89. The van der Waals surface area contributed by atoms with E-state index in [-0.39, 0.29) is 27.6 Å². The average molecular weight is 436 g/mol. The maximum absolute atomic E-state index is 12.6. The monoisotopic (exact) mass is 436 g/mol. The zero-order valence-corrected chi connectivity index (χ0v) is 17.7. The van der Waals surface area contributed by atoms with E-state index < -0.39 is 28.5 Å². The van der Waals surface area contributed by atoms with E-state index >= 15 is 0 Å². The molecule has 9 nitrogen and oxygen atoms in total. The van der Waals surface area contributed by atoms with Gasteiger partial charge in [-0.2, -0.15) is 4.31 Å². The summed E-state index contributed by atoms with van der Waals surface area (Å²) in [6, 6.07) is 10.1. The molecule has 10 heteroatoms. The molecule has 162 valence electrons. The van der Waals surface area contributed by atoms with Gasteiger partial charge in [0, 0.05) is 18.8 Å². The number of nitrogens with one attached hydrogen (secondary N) is 1. The van der Waals surface area contributed by atoms with Crippen LogP contribution in [0.4, 0.5) is 5.69 Å². The number of hydrogen-bond donors (Lipinski definition) is 2. The van der Waals surface area contributed by atoms with Crippen molar-refractivity contribution in [1.29, 1.82) is 0 Å². The lowest BCUT2D eigenvalue weighted by Crippen LogP contribution is -2.30. The molecule has 0 bridgehead atoms. The molecular formula is C20H24N2O7S. The van der Waals surface area contributed by atoms with Crippen LogP contribution < -0.4 is 10.1 Å². The number of anilines is 1. The largest absolute Gasteiger partial charge is 0.504 e. The molecule has 1 amide bonds. The third-order valence-electron chi connectivity index (χ3n) is 4.23. The van der Waals surface area contributed by atoms with E-state index in [1.54, 1.807) is 13.8 Å². The third kappa shape index (κ3) is 5.28. The van der Waals surface area contributed by atoms with Crippen molar-refractivity contribution in [2.75, 3.05) is 32.1 Å². The smallest absolute Gasteiger partial charge is 0.342 e. The van der Waals surface area contributed by atoms with Gasteiger partial charge in [0.1, 0.15) is 5.56 Å². The molecule has 0 fully saturated rings. The summed E-state index contributed by atoms with van der Waals surface area (Å²) < 4.78 is 36.3. The summed E-state index contributed by atoms with van der Waals surface area (Å²) in [5, 5.41) is 12.5. The summed E-state index contributed by atoms with van der Waals surface area (Å²) >= 11 is 0. The minimum absolute atomic E-state index is 0.0438. The number of rotatable bonds is 9. The molecule has 0 radical (unpaired) electrons. The number of methoxy groups -OCH3 is 1. The molecule has 0 aliphatic rings. The number of phenols is 1. The Labute approximate surface area is 175 Å². The summed E-state index contributed by atoms with van der Waals surface area (Å²) in [5.41, 5.74) is 0.1000. The Balaban J connectivity index is 2.05. The lowest BCUT2D eigenvalue weighted by Gasteiger charge is -2.18. The van der Waals surface area contributed by atoms with E-state index in [9.17, 15) is 23.1 Å². The van der Waals surface area contributed by atoms with Crippen LogP contribution in [0.15, 0.2) is 47.4 Å². The van der Waals surface area contributed by atoms with Gasteiger partial charge >= 0.3 is 5.97 Å². The van der Waals surface area contributed by atoms with Crippen molar-refractivity contribution in [3.05, 3.63) is 48.0 Å². The van der Waals surface area contributed by atoms with Crippen molar-refractivity contribution in [1.82, 2.24) is 4.31 Å². The molecule has 0 unspecified atom stereocenters. The zero-order valence-electron chi connectivity index (χ0n) is 16.9. The van der Waals surface area contributed by atoms with Crippen molar-refractivity contribution in [3.8, 4) is 11.5 Å². The summed E-state index contributed by atoms with van der Waals surface area (Å²) in [6.45, 7) is 3.50. The van der Waals surface area contributed by atoms with Crippen molar-refractivity contribution in [2.45, 2.75) is 18.7 Å². The first-order valence-corrected chi connectivity index (χ1v) is 10.6. The molecule has 30 heavy (non-hydrogen) atoms. The van der Waals surface area contributed by atoms with Gasteiger partial charge in [0.25, 0.3) is 5.91 Å². The van der Waals surface area contributed by atoms with Gasteiger partial charge in [0.05, 0.1) is 12.0 Å². The number of aromatic hydroxyl groups is 1. The number of para-hydroxylation sites is 1. The SMILES string of the molecule is CCN(CC)S(=O)(=O)c1cccc(NC(=O)COC(=O)c2cccc(OC)c2O)c1. The molecule has 0 aromatic heterocycles. The van der Waals surface area contributed by atoms with Gasteiger partial charge in [-0.25, -0.2) is 13.2 Å². The van der Waals surface area contributed by atoms with E-state index in [4.69, 9.17) is 9.47 Å². The lowest BCUT2D eigenvalue weighted by molar-refractivity contribution is -0.119. The molecular weight excluding hydrogens is 412 g/mol. The third-order valence-corrected chi connectivity index (χ3v) is 6.28. The standard InChI is InChI=1S/C20H24N2O7S/c1-4-22(5-2)30(26,27)15-9-6-8-14(12-15)21-18(23)13-29-20(25)16-10-7-11-17(28-3)19(16)24/h6-12,24H,4-5,13H2,1-3H3,(H,21,23). The summed E-state index contributed by atoms with van der Waals surface area (Å²) in [6.07, 6.45) is 0. The molecule has 2 aromatic carbocycles. The Kier molecular flexibility index (Phi) is 7.79. The van der Waals surface area contributed by atoms with Gasteiger partial charge in [-0.15, -0.1) is 0 Å². The number of hydrogen-bond acceptors (Lipinski definition) is 7. The molecule has 0 atom stereocenters. The number of amides is 1. The van der Waals surface area contributed by atoms with Crippen LogP contribution in [-0.4, -0.2) is 56.5 Å². The fraction of sp³-hybridized carbons (Fsp3) is 0.300. The first kappa shape index (κ1) is 23.2. The molecule has 0 heterocycles. The van der Waals surface area contributed by atoms with Gasteiger partial charge in [-0.05, 0) is 30.3 Å². The van der Waals surface area contributed by atoms with Crippen LogP contribution in [0.2, 0.25) is 0 Å². The zero-order chi connectivity index (χ0) is 22.3. The maximum Gasteiger partial charge on any atom is 0.342 e. The van der Waals surface area contributed by atoms with Crippen LogP contribution in [-0.2, 0) is 19.6 Å². The van der Waals surface area contributed by atoms with Crippen molar-refractivity contribution in [2.24, 2.45) is 0 Å². The number of phenolic OH excluding ortho intramolecular Hbond substituents is 1. The minimum Gasteiger partial charge on any atom is -0.504 e. The van der Waals surface area contributed by atoms with Gasteiger partial charge in [-0.3, -0.25) is 4.79 Å². The van der Waals surface area contributed by atoms with Crippen LogP contribution in [0, 0.1) is 0 Å². The number of carbonyl (C=O) groups is 2. The second-order valence-corrected chi connectivity index (χ2v) is 8.04. The lowest BCUT2D eigenvalue weighted by atomic mass is 10.2.